The van der Waals surface area contributed by atoms with Gasteiger partial charge in [-0.25, -0.2) is 0 Å². The fraction of sp³-hybridized carbons (Fsp3) is 0.385. The zero-order valence-corrected chi connectivity index (χ0v) is 9.73. The Morgan fingerprint density at radius 2 is 2.06 bits per heavy atom. The van der Waals surface area contributed by atoms with Crippen molar-refractivity contribution >= 4 is 11.6 Å². The quantitative estimate of drug-likeness (QED) is 0.767. The van der Waals surface area contributed by atoms with Gasteiger partial charge in [-0.05, 0) is 12.5 Å². The molecule has 0 amide bonds. The van der Waals surface area contributed by atoms with E-state index in [1.807, 2.05) is 24.3 Å². The maximum atomic E-state index is 11.0. The minimum Gasteiger partial charge on any atom is -0.358 e. The fourth-order valence-electron chi connectivity index (χ4n) is 1.90. The summed E-state index contributed by atoms with van der Waals surface area (Å²) < 4.78 is 0. The first-order valence-corrected chi connectivity index (χ1v) is 5.51. The van der Waals surface area contributed by atoms with Crippen LogP contribution in [0.5, 0.6) is 0 Å². The van der Waals surface area contributed by atoms with Gasteiger partial charge in [0.2, 0.25) is 0 Å². The van der Waals surface area contributed by atoms with Crippen molar-refractivity contribution in [3.63, 3.8) is 0 Å². The van der Waals surface area contributed by atoms with E-state index in [0.29, 0.717) is 6.42 Å². The highest BCUT2D eigenvalue weighted by Gasteiger charge is 2.13. The summed E-state index contributed by atoms with van der Waals surface area (Å²) in [6, 6.07) is 8.09. The van der Waals surface area contributed by atoms with Gasteiger partial charge in [-0.15, -0.1) is 0 Å². The maximum absolute atomic E-state index is 11.0. The van der Waals surface area contributed by atoms with Gasteiger partial charge in [-0.3, -0.25) is 9.79 Å². The summed E-state index contributed by atoms with van der Waals surface area (Å²) in [5.41, 5.74) is 2.20. The van der Waals surface area contributed by atoms with Crippen LogP contribution in [0.1, 0.15) is 18.1 Å². The molecule has 0 aromatic heterocycles. The van der Waals surface area contributed by atoms with Crippen molar-refractivity contribution in [3.8, 4) is 0 Å². The molecule has 0 saturated carbocycles. The van der Waals surface area contributed by atoms with Crippen LogP contribution < -0.4 is 0 Å². The molecule has 1 aliphatic heterocycles. The molecular formula is C13H16N2O. The second-order valence-corrected chi connectivity index (χ2v) is 4.20. The van der Waals surface area contributed by atoms with E-state index in [1.165, 1.54) is 0 Å². The van der Waals surface area contributed by atoms with E-state index in [9.17, 15) is 4.79 Å². The van der Waals surface area contributed by atoms with Crippen LogP contribution >= 0.6 is 0 Å². The van der Waals surface area contributed by atoms with Crippen LogP contribution in [0.4, 0.5) is 0 Å². The van der Waals surface area contributed by atoms with Crippen molar-refractivity contribution in [1.82, 2.24) is 4.90 Å². The molecule has 1 aliphatic rings. The second kappa shape index (κ2) is 4.47. The van der Waals surface area contributed by atoms with Gasteiger partial charge >= 0.3 is 0 Å². The number of carbonyl (C=O) groups is 1. The summed E-state index contributed by atoms with van der Waals surface area (Å²) in [5.74, 6) is 1.25. The van der Waals surface area contributed by atoms with Crippen molar-refractivity contribution < 1.29 is 4.79 Å². The molecule has 0 N–H and O–H groups in total. The van der Waals surface area contributed by atoms with Crippen LogP contribution in [0.2, 0.25) is 0 Å². The summed E-state index contributed by atoms with van der Waals surface area (Å²) in [5, 5.41) is 0. The Morgan fingerprint density at radius 1 is 1.38 bits per heavy atom. The molecule has 0 saturated heterocycles. The predicted octanol–water partition coefficient (Wildman–Crippen LogP) is 1.51. The summed E-state index contributed by atoms with van der Waals surface area (Å²) in [4.78, 5) is 17.6. The van der Waals surface area contributed by atoms with E-state index in [4.69, 9.17) is 0 Å². The van der Waals surface area contributed by atoms with Gasteiger partial charge in [-0.1, -0.05) is 24.3 Å². The zero-order chi connectivity index (χ0) is 11.5. The van der Waals surface area contributed by atoms with Crippen LogP contribution in [0.15, 0.2) is 29.3 Å². The Balaban J connectivity index is 2.16. The van der Waals surface area contributed by atoms with Crippen molar-refractivity contribution in [2.24, 2.45) is 4.99 Å². The van der Waals surface area contributed by atoms with Gasteiger partial charge in [-0.2, -0.15) is 0 Å². The molecule has 84 valence electrons. The van der Waals surface area contributed by atoms with Crippen molar-refractivity contribution in [2.45, 2.75) is 13.3 Å². The molecule has 0 radical (unpaired) electrons. The Morgan fingerprint density at radius 3 is 2.56 bits per heavy atom. The molecular weight excluding hydrogens is 200 g/mol. The van der Waals surface area contributed by atoms with Crippen molar-refractivity contribution in [3.05, 3.63) is 35.4 Å². The third-order valence-electron chi connectivity index (χ3n) is 2.72. The van der Waals surface area contributed by atoms with E-state index >= 15 is 0 Å². The Hall–Kier alpha value is -1.64. The lowest BCUT2D eigenvalue weighted by molar-refractivity contribution is -0.116. The van der Waals surface area contributed by atoms with Crippen molar-refractivity contribution in [1.29, 1.82) is 0 Å². The molecule has 0 bridgehead atoms. The van der Waals surface area contributed by atoms with E-state index < -0.39 is 0 Å². The van der Waals surface area contributed by atoms with Gasteiger partial charge in [0, 0.05) is 25.6 Å². The number of aliphatic imine (C=N–C) groups is 1. The molecule has 2 rings (SSSR count). The first-order valence-electron chi connectivity index (χ1n) is 5.51. The summed E-state index contributed by atoms with van der Waals surface area (Å²) in [6.45, 7) is 3.48. The highest BCUT2D eigenvalue weighted by atomic mass is 16.1. The lowest BCUT2D eigenvalue weighted by Crippen LogP contribution is -2.23. The summed E-state index contributed by atoms with van der Waals surface area (Å²) in [6.07, 6.45) is 0.516. The number of benzene rings is 1. The molecule has 16 heavy (non-hydrogen) atoms. The SMILES string of the molecule is CC(=O)Cc1ccc(C2=NCCN2C)cc1. The molecule has 0 spiro atoms. The van der Waals surface area contributed by atoms with Gasteiger partial charge in [0.25, 0.3) is 0 Å². The van der Waals surface area contributed by atoms with E-state index in [-0.39, 0.29) is 5.78 Å². The van der Waals surface area contributed by atoms with E-state index in [0.717, 1.165) is 30.1 Å². The van der Waals surface area contributed by atoms with Crippen LogP contribution in [0.25, 0.3) is 0 Å². The highest BCUT2D eigenvalue weighted by Crippen LogP contribution is 2.11. The third-order valence-corrected chi connectivity index (χ3v) is 2.72. The van der Waals surface area contributed by atoms with Gasteiger partial charge in [0.05, 0.1) is 6.54 Å². The number of nitrogens with zero attached hydrogens (tertiary/aromatic N) is 2. The smallest absolute Gasteiger partial charge is 0.134 e. The lowest BCUT2D eigenvalue weighted by atomic mass is 10.1. The molecule has 0 unspecified atom stereocenters. The fourth-order valence-corrected chi connectivity index (χ4v) is 1.90. The standard InChI is InChI=1S/C13H16N2O/c1-10(16)9-11-3-5-12(6-4-11)13-14-7-8-15(13)2/h3-6H,7-9H2,1-2H3. The summed E-state index contributed by atoms with van der Waals surface area (Å²) in [7, 11) is 2.05. The molecule has 3 heteroatoms. The molecule has 1 aromatic rings. The normalized spacial score (nSPS) is 15.1. The van der Waals surface area contributed by atoms with Gasteiger partial charge in [0.1, 0.15) is 11.6 Å². The number of Topliss-reactive ketones (excluding diaryl/α,β-unsaturated/α-hetero) is 1. The average Bonchev–Trinajstić information content (AvgIpc) is 2.65. The minimum absolute atomic E-state index is 0.197. The third kappa shape index (κ3) is 2.30. The van der Waals surface area contributed by atoms with E-state index in [2.05, 4.69) is 16.9 Å². The number of rotatable bonds is 3. The van der Waals surface area contributed by atoms with Crippen LogP contribution in [-0.4, -0.2) is 36.7 Å². The average molecular weight is 216 g/mol. The number of hydrogen-bond donors (Lipinski definition) is 0. The molecule has 0 fully saturated rings. The molecule has 0 atom stereocenters. The molecule has 0 aliphatic carbocycles. The number of ketones is 1. The van der Waals surface area contributed by atoms with Crippen LogP contribution in [-0.2, 0) is 11.2 Å². The van der Waals surface area contributed by atoms with Crippen molar-refractivity contribution in [2.75, 3.05) is 20.1 Å². The van der Waals surface area contributed by atoms with E-state index in [1.54, 1.807) is 6.92 Å². The highest BCUT2D eigenvalue weighted by molar-refractivity contribution is 5.99. The Labute approximate surface area is 95.8 Å². The maximum Gasteiger partial charge on any atom is 0.134 e. The minimum atomic E-state index is 0.197. The molecule has 3 nitrogen and oxygen atoms in total. The Kier molecular flexibility index (Phi) is 3.04. The van der Waals surface area contributed by atoms with Gasteiger partial charge in [0.15, 0.2) is 0 Å². The Bertz CT molecular complexity index is 420. The predicted molar refractivity (Wildman–Crippen MR) is 64.9 cm³/mol. The lowest BCUT2D eigenvalue weighted by Gasteiger charge is -2.13. The number of carbonyl (C=O) groups excluding carboxylic acids is 1. The number of likely N-dealkylation sites (N-methyl/N-ethyl adjacent to an activating group) is 1. The molecule has 1 aromatic carbocycles. The monoisotopic (exact) mass is 216 g/mol. The first-order chi connectivity index (χ1) is 7.66. The topological polar surface area (TPSA) is 32.7 Å². The zero-order valence-electron chi connectivity index (χ0n) is 9.73. The van der Waals surface area contributed by atoms with Crippen LogP contribution in [0.3, 0.4) is 0 Å². The largest absolute Gasteiger partial charge is 0.358 e. The second-order valence-electron chi connectivity index (χ2n) is 4.20. The summed E-state index contributed by atoms with van der Waals surface area (Å²) >= 11 is 0. The number of hydrogen-bond acceptors (Lipinski definition) is 3. The molecule has 1 heterocycles. The van der Waals surface area contributed by atoms with Gasteiger partial charge < -0.3 is 4.90 Å². The van der Waals surface area contributed by atoms with Crippen LogP contribution in [0, 0.1) is 0 Å². The first kappa shape index (κ1) is 10.9. The number of amidine groups is 1.